The molecule has 0 spiro atoms. The van der Waals surface area contributed by atoms with E-state index in [2.05, 4.69) is 46.5 Å². The lowest BCUT2D eigenvalue weighted by Crippen LogP contribution is -2.04. The van der Waals surface area contributed by atoms with E-state index in [-0.39, 0.29) is 0 Å². The van der Waals surface area contributed by atoms with Crippen molar-refractivity contribution in [2.45, 2.75) is 33.6 Å². The largest absolute Gasteiger partial charge is 0.196 e. The summed E-state index contributed by atoms with van der Waals surface area (Å²) < 4.78 is 1.77. The Morgan fingerprint density at radius 3 is 2.52 bits per heavy atom. The molecule has 0 atom stereocenters. The van der Waals surface area contributed by atoms with E-state index >= 15 is 0 Å². The number of aryl methyl sites for hydroxylation is 4. The van der Waals surface area contributed by atoms with Crippen LogP contribution in [0, 0.1) is 20.8 Å². The maximum absolute atomic E-state index is 6.18. The van der Waals surface area contributed by atoms with Gasteiger partial charge in [-0.2, -0.15) is 9.61 Å². The van der Waals surface area contributed by atoms with Crippen LogP contribution in [0.1, 0.15) is 28.1 Å². The lowest BCUT2D eigenvalue weighted by atomic mass is 10.0. The molecule has 0 bridgehead atoms. The molecular weight excluding hydrogens is 284 g/mol. The van der Waals surface area contributed by atoms with Crippen molar-refractivity contribution < 1.29 is 0 Å². The predicted molar refractivity (Wildman–Crippen MR) is 83.9 cm³/mol. The molecule has 0 fully saturated rings. The average Bonchev–Trinajstić information content (AvgIpc) is 2.87. The van der Waals surface area contributed by atoms with E-state index in [0.29, 0.717) is 5.15 Å². The fraction of sp³-hybridized carbons (Fsp3) is 0.312. The van der Waals surface area contributed by atoms with Gasteiger partial charge in [0.25, 0.3) is 0 Å². The van der Waals surface area contributed by atoms with Crippen LogP contribution in [0.2, 0.25) is 5.15 Å². The molecule has 2 heterocycles. The Bertz CT molecular complexity index is 807. The van der Waals surface area contributed by atoms with E-state index in [4.69, 9.17) is 11.6 Å². The number of fused-ring (bicyclic) bond motifs is 1. The Balaban J connectivity index is 1.94. The molecule has 0 aliphatic heterocycles. The summed E-state index contributed by atoms with van der Waals surface area (Å²) in [6.07, 6.45) is 1.71. The van der Waals surface area contributed by atoms with Crippen molar-refractivity contribution in [2.75, 3.05) is 0 Å². The SMILES string of the molecule is Cc1ccccc1CCc1nnc2c(C)c(C)c(Cl)nn12. The summed E-state index contributed by atoms with van der Waals surface area (Å²) in [5.74, 6) is 0.846. The van der Waals surface area contributed by atoms with E-state index in [9.17, 15) is 0 Å². The van der Waals surface area contributed by atoms with Crippen LogP contribution in [0.25, 0.3) is 5.65 Å². The third-order valence-corrected chi connectivity index (χ3v) is 4.34. The molecular formula is C16H17ClN4. The van der Waals surface area contributed by atoms with Crippen LogP contribution in [-0.4, -0.2) is 19.8 Å². The van der Waals surface area contributed by atoms with Crippen LogP contribution in [-0.2, 0) is 12.8 Å². The minimum atomic E-state index is 0.511. The van der Waals surface area contributed by atoms with Crippen molar-refractivity contribution in [3.05, 3.63) is 57.5 Å². The van der Waals surface area contributed by atoms with Crippen molar-refractivity contribution in [1.29, 1.82) is 0 Å². The fourth-order valence-electron chi connectivity index (χ4n) is 2.43. The molecule has 0 saturated carbocycles. The normalized spacial score (nSPS) is 11.2. The van der Waals surface area contributed by atoms with Crippen LogP contribution < -0.4 is 0 Å². The number of halogens is 1. The minimum absolute atomic E-state index is 0.511. The lowest BCUT2D eigenvalue weighted by Gasteiger charge is -2.06. The second-order valence-corrected chi connectivity index (χ2v) is 5.68. The predicted octanol–water partition coefficient (Wildman–Crippen LogP) is 3.49. The van der Waals surface area contributed by atoms with E-state index in [1.165, 1.54) is 11.1 Å². The average molecular weight is 301 g/mol. The van der Waals surface area contributed by atoms with E-state index < -0.39 is 0 Å². The van der Waals surface area contributed by atoms with Crippen molar-refractivity contribution in [3.63, 3.8) is 0 Å². The minimum Gasteiger partial charge on any atom is -0.196 e. The molecule has 0 amide bonds. The second kappa shape index (κ2) is 5.45. The van der Waals surface area contributed by atoms with Crippen LogP contribution in [0.5, 0.6) is 0 Å². The molecule has 4 nitrogen and oxygen atoms in total. The first-order valence-corrected chi connectivity index (χ1v) is 7.37. The van der Waals surface area contributed by atoms with Crippen molar-refractivity contribution in [2.24, 2.45) is 0 Å². The van der Waals surface area contributed by atoms with Crippen LogP contribution in [0.3, 0.4) is 0 Å². The standard InChI is InChI=1S/C16H17ClN4/c1-10-6-4-5-7-13(10)8-9-14-18-19-16-12(3)11(2)15(17)20-21(14)16/h4-7H,8-9H2,1-3H3. The van der Waals surface area contributed by atoms with Gasteiger partial charge in [0, 0.05) is 12.0 Å². The van der Waals surface area contributed by atoms with Gasteiger partial charge in [0.1, 0.15) is 0 Å². The zero-order valence-electron chi connectivity index (χ0n) is 12.4. The second-order valence-electron chi connectivity index (χ2n) is 5.32. The number of hydrogen-bond acceptors (Lipinski definition) is 3. The Morgan fingerprint density at radius 1 is 1.00 bits per heavy atom. The van der Waals surface area contributed by atoms with Gasteiger partial charge < -0.3 is 0 Å². The quantitative estimate of drug-likeness (QED) is 0.743. The smallest absolute Gasteiger partial charge is 0.181 e. The van der Waals surface area contributed by atoms with Gasteiger partial charge in [-0.05, 0) is 43.9 Å². The molecule has 0 saturated heterocycles. The Labute approximate surface area is 128 Å². The molecule has 21 heavy (non-hydrogen) atoms. The third-order valence-electron chi connectivity index (χ3n) is 3.98. The maximum Gasteiger partial charge on any atom is 0.181 e. The van der Waals surface area contributed by atoms with Gasteiger partial charge in [-0.25, -0.2) is 0 Å². The Morgan fingerprint density at radius 2 is 1.76 bits per heavy atom. The molecule has 0 N–H and O–H groups in total. The van der Waals surface area contributed by atoms with Crippen molar-refractivity contribution in [1.82, 2.24) is 19.8 Å². The highest BCUT2D eigenvalue weighted by molar-refractivity contribution is 6.30. The van der Waals surface area contributed by atoms with Gasteiger partial charge in [0.05, 0.1) is 0 Å². The summed E-state index contributed by atoms with van der Waals surface area (Å²) in [5, 5.41) is 13.4. The van der Waals surface area contributed by atoms with Crippen molar-refractivity contribution >= 4 is 17.2 Å². The van der Waals surface area contributed by atoms with Gasteiger partial charge in [-0.1, -0.05) is 35.9 Å². The van der Waals surface area contributed by atoms with Crippen LogP contribution in [0.4, 0.5) is 0 Å². The first kappa shape index (κ1) is 14.0. The molecule has 0 aliphatic carbocycles. The molecule has 3 rings (SSSR count). The van der Waals surface area contributed by atoms with Gasteiger partial charge in [0.2, 0.25) is 0 Å². The first-order chi connectivity index (χ1) is 10.1. The molecule has 0 aliphatic rings. The molecule has 0 unspecified atom stereocenters. The highest BCUT2D eigenvalue weighted by atomic mass is 35.5. The van der Waals surface area contributed by atoms with E-state index in [1.54, 1.807) is 4.52 Å². The lowest BCUT2D eigenvalue weighted by molar-refractivity contribution is 0.778. The van der Waals surface area contributed by atoms with Gasteiger partial charge in [0.15, 0.2) is 16.6 Å². The summed E-state index contributed by atoms with van der Waals surface area (Å²) in [6.45, 7) is 6.07. The summed E-state index contributed by atoms with van der Waals surface area (Å²) in [6, 6.07) is 8.39. The molecule has 0 radical (unpaired) electrons. The molecule has 5 heteroatoms. The molecule has 108 valence electrons. The number of benzene rings is 1. The number of hydrogen-bond donors (Lipinski definition) is 0. The summed E-state index contributed by atoms with van der Waals surface area (Å²) in [7, 11) is 0. The van der Waals surface area contributed by atoms with Gasteiger partial charge in [-0.15, -0.1) is 10.2 Å². The van der Waals surface area contributed by atoms with Crippen molar-refractivity contribution in [3.8, 4) is 0 Å². The van der Waals surface area contributed by atoms with Gasteiger partial charge in [-0.3, -0.25) is 0 Å². The number of nitrogens with zero attached hydrogens (tertiary/aromatic N) is 4. The first-order valence-electron chi connectivity index (χ1n) is 6.99. The van der Waals surface area contributed by atoms with Gasteiger partial charge >= 0.3 is 0 Å². The zero-order valence-corrected chi connectivity index (χ0v) is 13.1. The third kappa shape index (κ3) is 2.51. The number of rotatable bonds is 3. The Kier molecular flexibility index (Phi) is 3.64. The molecule has 2 aromatic heterocycles. The maximum atomic E-state index is 6.18. The summed E-state index contributed by atoms with van der Waals surface area (Å²) >= 11 is 6.18. The summed E-state index contributed by atoms with van der Waals surface area (Å²) in [4.78, 5) is 0. The molecule has 1 aromatic carbocycles. The number of aromatic nitrogens is 4. The highest BCUT2D eigenvalue weighted by Crippen LogP contribution is 2.20. The van der Waals surface area contributed by atoms with E-state index in [0.717, 1.165) is 35.4 Å². The summed E-state index contributed by atoms with van der Waals surface area (Å²) in [5.41, 5.74) is 5.40. The monoisotopic (exact) mass is 300 g/mol. The van der Waals surface area contributed by atoms with E-state index in [1.807, 2.05) is 13.8 Å². The topological polar surface area (TPSA) is 43.1 Å². The van der Waals surface area contributed by atoms with Crippen LogP contribution in [0.15, 0.2) is 24.3 Å². The highest BCUT2D eigenvalue weighted by Gasteiger charge is 2.13. The zero-order chi connectivity index (χ0) is 15.0. The fourth-order valence-corrected chi connectivity index (χ4v) is 2.65. The van der Waals surface area contributed by atoms with Crippen LogP contribution >= 0.6 is 11.6 Å². The Hall–Kier alpha value is -1.94. The molecule has 3 aromatic rings.